The van der Waals surface area contributed by atoms with E-state index in [2.05, 4.69) is 19.9 Å². The summed E-state index contributed by atoms with van der Waals surface area (Å²) >= 11 is 5.93. The van der Waals surface area contributed by atoms with E-state index in [4.69, 9.17) is 21.1 Å². The highest BCUT2D eigenvalue weighted by molar-refractivity contribution is 6.29. The first-order valence-electron chi connectivity index (χ1n) is 5.11. The average Bonchev–Trinajstić information content (AvgIpc) is 2.38. The Morgan fingerprint density at radius 2 is 2.00 bits per heavy atom. The number of nitrogens with zero attached hydrogens (tertiary/aromatic N) is 4. The highest BCUT2D eigenvalue weighted by Gasteiger charge is 2.08. The molecule has 0 N–H and O–H groups in total. The molecule has 18 heavy (non-hydrogen) atoms. The van der Waals surface area contributed by atoms with Crippen molar-refractivity contribution in [1.82, 2.24) is 19.9 Å². The predicted octanol–water partition coefficient (Wildman–Crippen LogP) is 1.74. The van der Waals surface area contributed by atoms with Gasteiger partial charge in [-0.3, -0.25) is 0 Å². The Morgan fingerprint density at radius 1 is 1.17 bits per heavy atom. The number of hydrogen-bond donors (Lipinski definition) is 0. The molecule has 0 radical (unpaired) electrons. The lowest BCUT2D eigenvalue weighted by Crippen LogP contribution is -1.99. The van der Waals surface area contributed by atoms with Crippen molar-refractivity contribution >= 4 is 11.6 Å². The van der Waals surface area contributed by atoms with Gasteiger partial charge in [0.05, 0.1) is 19.4 Å². The summed E-state index contributed by atoms with van der Waals surface area (Å²) in [6.45, 7) is 0.359. The van der Waals surface area contributed by atoms with Gasteiger partial charge in [0.25, 0.3) is 0 Å². The monoisotopic (exact) mass is 266 g/mol. The maximum Gasteiger partial charge on any atom is 0.216 e. The second-order valence-electron chi connectivity index (χ2n) is 3.38. The Labute approximate surface area is 109 Å². The van der Waals surface area contributed by atoms with Crippen LogP contribution in [0.5, 0.6) is 5.88 Å². The number of ether oxygens (including phenoxy) is 2. The fourth-order valence-electron chi connectivity index (χ4n) is 1.37. The van der Waals surface area contributed by atoms with Crippen LogP contribution in [-0.2, 0) is 11.3 Å². The predicted molar refractivity (Wildman–Crippen MR) is 65.3 cm³/mol. The van der Waals surface area contributed by atoms with E-state index in [1.54, 1.807) is 19.2 Å². The summed E-state index contributed by atoms with van der Waals surface area (Å²) in [6, 6.07) is 3.29. The van der Waals surface area contributed by atoms with E-state index in [1.165, 1.54) is 13.4 Å². The van der Waals surface area contributed by atoms with Crippen molar-refractivity contribution < 1.29 is 9.47 Å². The van der Waals surface area contributed by atoms with Crippen LogP contribution in [0.1, 0.15) is 5.69 Å². The summed E-state index contributed by atoms with van der Waals surface area (Å²) in [5.41, 5.74) is 1.23. The highest BCUT2D eigenvalue weighted by atomic mass is 35.5. The first-order valence-corrected chi connectivity index (χ1v) is 5.49. The van der Waals surface area contributed by atoms with Crippen LogP contribution < -0.4 is 4.74 Å². The number of aromatic nitrogens is 4. The molecule has 0 aliphatic heterocycles. The van der Waals surface area contributed by atoms with Crippen molar-refractivity contribution in [1.29, 1.82) is 0 Å². The number of rotatable bonds is 4. The molecule has 6 nitrogen and oxygen atoms in total. The summed E-state index contributed by atoms with van der Waals surface area (Å²) in [5.74, 6) is 0.854. The van der Waals surface area contributed by atoms with Crippen molar-refractivity contribution in [2.45, 2.75) is 6.61 Å². The van der Waals surface area contributed by atoms with Crippen LogP contribution in [0.15, 0.2) is 18.5 Å². The Balaban J connectivity index is 2.42. The molecule has 2 rings (SSSR count). The maximum atomic E-state index is 5.93. The molecule has 0 fully saturated rings. The van der Waals surface area contributed by atoms with Crippen LogP contribution in [0.2, 0.25) is 5.15 Å². The first kappa shape index (κ1) is 12.7. The number of halogens is 1. The second kappa shape index (κ2) is 5.70. The molecular formula is C11H11ClN4O2. The van der Waals surface area contributed by atoms with Crippen molar-refractivity contribution in [3.63, 3.8) is 0 Å². The van der Waals surface area contributed by atoms with Gasteiger partial charge < -0.3 is 9.47 Å². The Kier molecular flexibility index (Phi) is 4.01. The third-order valence-electron chi connectivity index (χ3n) is 2.12. The van der Waals surface area contributed by atoms with Crippen molar-refractivity contribution in [2.24, 2.45) is 0 Å². The van der Waals surface area contributed by atoms with Gasteiger partial charge in [0.15, 0.2) is 5.82 Å². The smallest absolute Gasteiger partial charge is 0.216 e. The fraction of sp³-hybridized carbons (Fsp3) is 0.273. The largest absolute Gasteiger partial charge is 0.481 e. The van der Waals surface area contributed by atoms with Crippen molar-refractivity contribution in [3.05, 3.63) is 29.3 Å². The van der Waals surface area contributed by atoms with Crippen LogP contribution in [0.25, 0.3) is 11.5 Å². The molecule has 0 aromatic carbocycles. The second-order valence-corrected chi connectivity index (χ2v) is 3.77. The Hall–Kier alpha value is -1.79. The third-order valence-corrected chi connectivity index (χ3v) is 2.31. The zero-order valence-electron chi connectivity index (χ0n) is 9.92. The van der Waals surface area contributed by atoms with Crippen LogP contribution in [0, 0.1) is 0 Å². The van der Waals surface area contributed by atoms with E-state index in [0.717, 1.165) is 0 Å². The van der Waals surface area contributed by atoms with Crippen LogP contribution in [-0.4, -0.2) is 34.2 Å². The maximum absolute atomic E-state index is 5.93. The minimum atomic E-state index is 0.338. The van der Waals surface area contributed by atoms with Gasteiger partial charge in [-0.1, -0.05) is 11.6 Å². The van der Waals surface area contributed by atoms with Gasteiger partial charge in [-0.15, -0.1) is 0 Å². The van der Waals surface area contributed by atoms with E-state index >= 15 is 0 Å². The minimum absolute atomic E-state index is 0.338. The van der Waals surface area contributed by atoms with Gasteiger partial charge in [-0.25, -0.2) is 19.9 Å². The van der Waals surface area contributed by atoms with Gasteiger partial charge in [-0.2, -0.15) is 0 Å². The Morgan fingerprint density at radius 3 is 2.72 bits per heavy atom. The van der Waals surface area contributed by atoms with Gasteiger partial charge in [0, 0.05) is 13.2 Å². The number of hydrogen-bond acceptors (Lipinski definition) is 6. The fourth-order valence-corrected chi connectivity index (χ4v) is 1.58. The molecule has 0 spiro atoms. The summed E-state index contributed by atoms with van der Waals surface area (Å²) in [5, 5.41) is 0.338. The minimum Gasteiger partial charge on any atom is -0.481 e. The van der Waals surface area contributed by atoms with Crippen molar-refractivity contribution in [3.8, 4) is 17.4 Å². The molecule has 0 unspecified atom stereocenters. The SMILES string of the molecule is COCc1cc(Cl)nc(-c2cc(OC)ncn2)n1. The molecule has 0 bridgehead atoms. The van der Waals surface area contributed by atoms with E-state index in [-0.39, 0.29) is 0 Å². The normalized spacial score (nSPS) is 10.4. The number of methoxy groups -OCH3 is 2. The lowest BCUT2D eigenvalue weighted by atomic mass is 10.3. The van der Waals surface area contributed by atoms with Crippen molar-refractivity contribution in [2.75, 3.05) is 14.2 Å². The zero-order valence-corrected chi connectivity index (χ0v) is 10.7. The third kappa shape index (κ3) is 2.91. The Bertz CT molecular complexity index is 550. The molecule has 0 saturated carbocycles. The highest BCUT2D eigenvalue weighted by Crippen LogP contribution is 2.18. The molecule has 0 aliphatic rings. The molecule has 2 aromatic heterocycles. The standard InChI is InChI=1S/C11H11ClN4O2/c1-17-5-7-3-9(12)16-11(15-7)8-4-10(18-2)14-6-13-8/h3-4,6H,5H2,1-2H3. The summed E-state index contributed by atoms with van der Waals surface area (Å²) < 4.78 is 10.0. The van der Waals surface area contributed by atoms with Gasteiger partial charge in [0.1, 0.15) is 17.2 Å². The van der Waals surface area contributed by atoms with Gasteiger partial charge in [-0.05, 0) is 6.07 Å². The molecule has 0 saturated heterocycles. The van der Waals surface area contributed by atoms with E-state index in [1.807, 2.05) is 0 Å². The molecule has 94 valence electrons. The molecule has 2 heterocycles. The summed E-state index contributed by atoms with van der Waals surface area (Å²) in [7, 11) is 3.12. The summed E-state index contributed by atoms with van der Waals surface area (Å²) in [4.78, 5) is 16.4. The molecule has 0 atom stereocenters. The lowest BCUT2D eigenvalue weighted by molar-refractivity contribution is 0.181. The average molecular weight is 267 g/mol. The molecule has 7 heteroatoms. The van der Waals surface area contributed by atoms with E-state index in [9.17, 15) is 0 Å². The van der Waals surface area contributed by atoms with Crippen LogP contribution in [0.3, 0.4) is 0 Å². The summed E-state index contributed by atoms with van der Waals surface area (Å²) in [6.07, 6.45) is 1.38. The van der Waals surface area contributed by atoms with E-state index in [0.29, 0.717) is 34.9 Å². The first-order chi connectivity index (χ1) is 8.72. The quantitative estimate of drug-likeness (QED) is 0.785. The molecular weight excluding hydrogens is 256 g/mol. The molecule has 0 aliphatic carbocycles. The van der Waals surface area contributed by atoms with E-state index < -0.39 is 0 Å². The topological polar surface area (TPSA) is 70.0 Å². The zero-order chi connectivity index (χ0) is 13.0. The molecule has 2 aromatic rings. The van der Waals surface area contributed by atoms with Crippen LogP contribution in [0.4, 0.5) is 0 Å². The van der Waals surface area contributed by atoms with Gasteiger partial charge in [0.2, 0.25) is 5.88 Å². The lowest BCUT2D eigenvalue weighted by Gasteiger charge is -2.05. The molecule has 0 amide bonds. The van der Waals surface area contributed by atoms with Gasteiger partial charge >= 0.3 is 0 Å². The van der Waals surface area contributed by atoms with Crippen LogP contribution >= 0.6 is 11.6 Å².